The highest BCUT2D eigenvalue weighted by Crippen LogP contribution is 2.23. The van der Waals surface area contributed by atoms with Crippen molar-refractivity contribution in [1.82, 2.24) is 0 Å². The molecule has 0 saturated heterocycles. The van der Waals surface area contributed by atoms with Crippen LogP contribution in [0.15, 0.2) is 18.2 Å². The van der Waals surface area contributed by atoms with Gasteiger partial charge in [0.05, 0.1) is 7.11 Å². The third kappa shape index (κ3) is 3.94. The molecule has 17 heavy (non-hydrogen) atoms. The van der Waals surface area contributed by atoms with E-state index in [-0.39, 0.29) is 5.97 Å². The number of aryl methyl sites for hydroxylation is 2. The van der Waals surface area contributed by atoms with Crippen LogP contribution in [0.1, 0.15) is 29.5 Å². The van der Waals surface area contributed by atoms with Crippen LogP contribution in [-0.4, -0.2) is 18.2 Å². The van der Waals surface area contributed by atoms with Crippen LogP contribution >= 0.6 is 0 Å². The van der Waals surface area contributed by atoms with Gasteiger partial charge in [-0.3, -0.25) is 4.79 Å². The van der Waals surface area contributed by atoms with Gasteiger partial charge >= 0.3 is 5.97 Å². The first-order valence-electron chi connectivity index (χ1n) is 5.58. The van der Waals surface area contributed by atoms with E-state index in [9.17, 15) is 9.90 Å². The third-order valence-electron chi connectivity index (χ3n) is 2.57. The number of phenolic OH excluding ortho intramolecular Hbond substituents is 1. The molecular weight excluding hydrogens is 216 g/mol. The molecule has 0 spiro atoms. The van der Waals surface area contributed by atoms with Crippen LogP contribution in [0.25, 0.3) is 6.08 Å². The number of hydrogen-bond donors (Lipinski definition) is 1. The number of benzene rings is 1. The zero-order chi connectivity index (χ0) is 12.8. The first-order chi connectivity index (χ1) is 8.04. The quantitative estimate of drug-likeness (QED) is 0.815. The Morgan fingerprint density at radius 1 is 1.35 bits per heavy atom. The van der Waals surface area contributed by atoms with Crippen LogP contribution in [0, 0.1) is 13.8 Å². The number of rotatable bonds is 4. The van der Waals surface area contributed by atoms with Crippen molar-refractivity contribution < 1.29 is 14.6 Å². The Balaban J connectivity index is 2.63. The van der Waals surface area contributed by atoms with E-state index in [4.69, 9.17) is 0 Å². The van der Waals surface area contributed by atoms with Crippen molar-refractivity contribution in [3.05, 3.63) is 34.9 Å². The average Bonchev–Trinajstić information content (AvgIpc) is 2.31. The van der Waals surface area contributed by atoms with Crippen molar-refractivity contribution >= 4 is 12.0 Å². The maximum absolute atomic E-state index is 10.9. The molecule has 0 unspecified atom stereocenters. The Bertz CT molecular complexity index is 410. The van der Waals surface area contributed by atoms with Crippen LogP contribution < -0.4 is 0 Å². The minimum atomic E-state index is -0.201. The number of esters is 1. The normalized spacial score (nSPS) is 10.8. The lowest BCUT2D eigenvalue weighted by Crippen LogP contribution is -1.97. The summed E-state index contributed by atoms with van der Waals surface area (Å²) in [5, 5.41) is 9.62. The van der Waals surface area contributed by atoms with Crippen LogP contribution in [-0.2, 0) is 9.53 Å². The van der Waals surface area contributed by atoms with Gasteiger partial charge in [0.2, 0.25) is 0 Å². The monoisotopic (exact) mass is 234 g/mol. The van der Waals surface area contributed by atoms with Gasteiger partial charge < -0.3 is 9.84 Å². The second-order valence-electron chi connectivity index (χ2n) is 4.02. The van der Waals surface area contributed by atoms with E-state index in [0.29, 0.717) is 18.6 Å². The molecule has 0 radical (unpaired) electrons. The zero-order valence-corrected chi connectivity index (χ0v) is 10.5. The van der Waals surface area contributed by atoms with Crippen molar-refractivity contribution in [2.75, 3.05) is 7.11 Å². The predicted molar refractivity (Wildman–Crippen MR) is 67.9 cm³/mol. The minimum Gasteiger partial charge on any atom is -0.507 e. The smallest absolute Gasteiger partial charge is 0.305 e. The first-order valence-corrected chi connectivity index (χ1v) is 5.58. The van der Waals surface area contributed by atoms with E-state index >= 15 is 0 Å². The number of phenols is 1. The highest BCUT2D eigenvalue weighted by molar-refractivity contribution is 5.69. The second kappa shape index (κ2) is 6.09. The van der Waals surface area contributed by atoms with E-state index in [2.05, 4.69) is 4.74 Å². The fraction of sp³-hybridized carbons (Fsp3) is 0.357. The Kier molecular flexibility index (Phi) is 4.76. The SMILES string of the molecule is COC(=O)CC/C=C/c1cc(C)c(O)c(C)c1. The molecule has 92 valence electrons. The van der Waals surface area contributed by atoms with Crippen molar-refractivity contribution in [2.45, 2.75) is 26.7 Å². The molecule has 0 aliphatic rings. The molecule has 1 aromatic rings. The number of ether oxygens (including phenoxy) is 1. The molecule has 0 saturated carbocycles. The lowest BCUT2D eigenvalue weighted by atomic mass is 10.1. The van der Waals surface area contributed by atoms with Gasteiger partial charge in [0.25, 0.3) is 0 Å². The molecule has 0 bridgehead atoms. The number of allylic oxidation sites excluding steroid dienone is 1. The molecule has 0 aliphatic heterocycles. The molecule has 0 fully saturated rings. The number of hydrogen-bond acceptors (Lipinski definition) is 3. The van der Waals surface area contributed by atoms with Crippen molar-refractivity contribution in [1.29, 1.82) is 0 Å². The third-order valence-corrected chi connectivity index (χ3v) is 2.57. The lowest BCUT2D eigenvalue weighted by molar-refractivity contribution is -0.140. The molecule has 0 heterocycles. The summed E-state index contributed by atoms with van der Waals surface area (Å²) in [5.41, 5.74) is 2.75. The summed E-state index contributed by atoms with van der Waals surface area (Å²) < 4.78 is 4.55. The maximum Gasteiger partial charge on any atom is 0.305 e. The molecule has 1 rings (SSSR count). The largest absolute Gasteiger partial charge is 0.507 e. The molecule has 1 aromatic carbocycles. The second-order valence-corrected chi connectivity index (χ2v) is 4.02. The van der Waals surface area contributed by atoms with Crippen LogP contribution in [0.5, 0.6) is 5.75 Å². The first kappa shape index (κ1) is 13.3. The topological polar surface area (TPSA) is 46.5 Å². The van der Waals surface area contributed by atoms with Gasteiger partial charge in [0.1, 0.15) is 5.75 Å². The predicted octanol–water partition coefficient (Wildman–Crippen LogP) is 2.98. The molecule has 0 aliphatic carbocycles. The Morgan fingerprint density at radius 3 is 2.47 bits per heavy atom. The fourth-order valence-electron chi connectivity index (χ4n) is 1.61. The van der Waals surface area contributed by atoms with Gasteiger partial charge in [-0.15, -0.1) is 0 Å². The standard InChI is InChI=1S/C14H18O3/c1-10-8-12(9-11(2)14(10)16)6-4-5-7-13(15)17-3/h4,6,8-9,16H,5,7H2,1-3H3/b6-4+. The summed E-state index contributed by atoms with van der Waals surface area (Å²) >= 11 is 0. The van der Waals surface area contributed by atoms with Crippen LogP contribution in [0.4, 0.5) is 0 Å². The van der Waals surface area contributed by atoms with Crippen molar-refractivity contribution in [2.24, 2.45) is 0 Å². The van der Waals surface area contributed by atoms with Gasteiger partial charge in [-0.05, 0) is 49.1 Å². The highest BCUT2D eigenvalue weighted by Gasteiger charge is 2.01. The van der Waals surface area contributed by atoms with Crippen LogP contribution in [0.3, 0.4) is 0 Å². The van der Waals surface area contributed by atoms with Gasteiger partial charge in [-0.25, -0.2) is 0 Å². The van der Waals surface area contributed by atoms with E-state index in [1.54, 1.807) is 0 Å². The number of carbonyl (C=O) groups excluding carboxylic acids is 1. The lowest BCUT2D eigenvalue weighted by Gasteiger charge is -2.04. The summed E-state index contributed by atoms with van der Waals surface area (Å²) in [6.45, 7) is 3.74. The highest BCUT2D eigenvalue weighted by atomic mass is 16.5. The average molecular weight is 234 g/mol. The maximum atomic E-state index is 10.9. The molecule has 1 N–H and O–H groups in total. The molecule has 3 nitrogen and oxygen atoms in total. The summed E-state index contributed by atoms with van der Waals surface area (Å²) in [6.07, 6.45) is 4.93. The summed E-state index contributed by atoms with van der Waals surface area (Å²) in [6, 6.07) is 3.83. The minimum absolute atomic E-state index is 0.201. The molecule has 0 atom stereocenters. The molecule has 3 heteroatoms. The van der Waals surface area contributed by atoms with E-state index in [1.807, 2.05) is 38.1 Å². The van der Waals surface area contributed by atoms with E-state index in [0.717, 1.165) is 16.7 Å². The Hall–Kier alpha value is -1.77. The fourth-order valence-corrected chi connectivity index (χ4v) is 1.61. The molecule has 0 aromatic heterocycles. The van der Waals surface area contributed by atoms with Gasteiger partial charge in [-0.2, -0.15) is 0 Å². The Morgan fingerprint density at radius 2 is 1.94 bits per heavy atom. The number of methoxy groups -OCH3 is 1. The number of carbonyl (C=O) groups is 1. The van der Waals surface area contributed by atoms with E-state index < -0.39 is 0 Å². The van der Waals surface area contributed by atoms with Crippen molar-refractivity contribution in [3.63, 3.8) is 0 Å². The summed E-state index contributed by atoms with van der Waals surface area (Å²) in [5.74, 6) is 0.143. The van der Waals surface area contributed by atoms with Gasteiger partial charge in [-0.1, -0.05) is 12.2 Å². The zero-order valence-electron chi connectivity index (χ0n) is 10.5. The number of aromatic hydroxyl groups is 1. The summed E-state index contributed by atoms with van der Waals surface area (Å²) in [4.78, 5) is 10.9. The van der Waals surface area contributed by atoms with Gasteiger partial charge in [0.15, 0.2) is 0 Å². The molecule has 0 amide bonds. The van der Waals surface area contributed by atoms with Crippen molar-refractivity contribution in [3.8, 4) is 5.75 Å². The van der Waals surface area contributed by atoms with E-state index in [1.165, 1.54) is 7.11 Å². The van der Waals surface area contributed by atoms with Gasteiger partial charge in [0, 0.05) is 6.42 Å². The van der Waals surface area contributed by atoms with Crippen LogP contribution in [0.2, 0.25) is 0 Å². The molecular formula is C14H18O3. The Labute approximate surface area is 102 Å². The summed E-state index contributed by atoms with van der Waals surface area (Å²) in [7, 11) is 1.39.